The van der Waals surface area contributed by atoms with Crippen LogP contribution in [0.3, 0.4) is 0 Å². The fourth-order valence-corrected chi connectivity index (χ4v) is 7.68. The molecule has 6 rings (SSSR count). The van der Waals surface area contributed by atoms with Crippen LogP contribution in [0.5, 0.6) is 40.2 Å². The lowest BCUT2D eigenvalue weighted by atomic mass is 10.0. The standard InChI is InChI=1S/C31H34ClN5O7.C21H26ClNO5/c1-5-6-24-27(12-11-23(19(3)38)29(24)40)43-16-21(39)17-44-28-14-26(18(2)13-25(28)32)33-31(41)30-34-35-36-37(30)15-20-7-9-22(42-4)10-8-20;1-4-5-16-19(7-6-15(13(3)24)21(16)26)27-10-14(25)11-28-20-9-18(23)12(2)8-17(20)22/h7-14,21,39-40H,5-6,15-17H2,1-4H3,(H,33,41);6-9,14,25-26H,4-5,10-11,23H2,1-3H3. The van der Waals surface area contributed by atoms with E-state index in [1.807, 2.05) is 45.0 Å². The monoisotopic (exact) mass is 1030 g/mol. The zero-order valence-electron chi connectivity index (χ0n) is 41.1. The Hall–Kier alpha value is -7.12. The van der Waals surface area contributed by atoms with Gasteiger partial charge in [-0.25, -0.2) is 4.68 Å². The number of ketones is 2. The smallest absolute Gasteiger partial charge is 0.295 e. The van der Waals surface area contributed by atoms with Crippen molar-refractivity contribution in [2.75, 3.05) is 44.6 Å². The van der Waals surface area contributed by atoms with Gasteiger partial charge in [-0.15, -0.1) is 5.10 Å². The second-order valence-electron chi connectivity index (χ2n) is 16.7. The normalized spacial score (nSPS) is 11.7. The summed E-state index contributed by atoms with van der Waals surface area (Å²) < 4.78 is 29.3. The van der Waals surface area contributed by atoms with Crippen LogP contribution in [0.2, 0.25) is 10.0 Å². The average Bonchev–Trinajstić information content (AvgIpc) is 3.81. The van der Waals surface area contributed by atoms with Crippen molar-refractivity contribution < 1.29 is 58.5 Å². The number of phenols is 2. The molecule has 0 aliphatic rings. The fourth-order valence-electron chi connectivity index (χ4n) is 7.13. The van der Waals surface area contributed by atoms with Crippen molar-refractivity contribution in [2.24, 2.45) is 0 Å². The summed E-state index contributed by atoms with van der Waals surface area (Å²) >= 11 is 12.5. The summed E-state index contributed by atoms with van der Waals surface area (Å²) in [6.45, 7) is 10.2. The Morgan fingerprint density at radius 2 is 1.17 bits per heavy atom. The molecular formula is C52H60Cl2N6O12. The van der Waals surface area contributed by atoms with Crippen LogP contribution in [0.4, 0.5) is 11.4 Å². The second-order valence-corrected chi connectivity index (χ2v) is 17.6. The number of aliphatic hydroxyl groups excluding tert-OH is 2. The van der Waals surface area contributed by atoms with Crippen molar-refractivity contribution in [3.63, 3.8) is 0 Å². The van der Waals surface area contributed by atoms with Crippen LogP contribution < -0.4 is 34.7 Å². The number of phenolic OH excluding ortho intramolecular Hbond substituents is 2. The summed E-state index contributed by atoms with van der Waals surface area (Å²) in [4.78, 5) is 36.5. The quantitative estimate of drug-likeness (QED) is 0.0259. The molecule has 384 valence electrons. The minimum absolute atomic E-state index is 0.00928. The number of Topliss-reactive ketones (excluding diaryl/α,β-unsaturated/α-hetero) is 2. The molecule has 0 bridgehead atoms. The third kappa shape index (κ3) is 15.0. The molecule has 72 heavy (non-hydrogen) atoms. The van der Waals surface area contributed by atoms with Crippen LogP contribution in [0.15, 0.2) is 72.8 Å². The van der Waals surface area contributed by atoms with Crippen molar-refractivity contribution >= 4 is 52.1 Å². The molecule has 0 aliphatic carbocycles. The highest BCUT2D eigenvalue weighted by atomic mass is 35.5. The molecular weight excluding hydrogens is 972 g/mol. The first kappa shape index (κ1) is 55.8. The number of nitrogen functional groups attached to an aromatic ring is 1. The second kappa shape index (κ2) is 26.4. The number of nitrogens with zero attached hydrogens (tertiary/aromatic N) is 4. The Labute approximate surface area is 427 Å². The molecule has 6 aromatic rings. The first-order valence-corrected chi connectivity index (χ1v) is 23.8. The van der Waals surface area contributed by atoms with Gasteiger partial charge in [-0.2, -0.15) is 0 Å². The van der Waals surface area contributed by atoms with Crippen LogP contribution in [0.25, 0.3) is 0 Å². The number of tetrazole rings is 1. The van der Waals surface area contributed by atoms with Gasteiger partial charge in [0, 0.05) is 34.6 Å². The predicted octanol–water partition coefficient (Wildman–Crippen LogP) is 8.53. The maximum absolute atomic E-state index is 13.1. The molecule has 1 heterocycles. The minimum atomic E-state index is -1.06. The maximum Gasteiger partial charge on any atom is 0.295 e. The number of ether oxygens (including phenoxy) is 5. The number of aromatic nitrogens is 4. The van der Waals surface area contributed by atoms with Crippen LogP contribution in [-0.4, -0.2) is 104 Å². The minimum Gasteiger partial charge on any atom is -0.507 e. The van der Waals surface area contributed by atoms with Gasteiger partial charge in [-0.05, 0) is 116 Å². The number of aryl methyl sites for hydroxylation is 2. The number of aliphatic hydroxyl groups is 2. The van der Waals surface area contributed by atoms with Gasteiger partial charge in [0.05, 0.1) is 34.8 Å². The maximum atomic E-state index is 13.1. The summed E-state index contributed by atoms with van der Waals surface area (Å²) in [5, 5.41) is 56.6. The van der Waals surface area contributed by atoms with E-state index in [-0.39, 0.29) is 83.8 Å². The van der Waals surface area contributed by atoms with E-state index in [9.17, 15) is 34.8 Å². The van der Waals surface area contributed by atoms with E-state index in [0.29, 0.717) is 68.9 Å². The summed E-state index contributed by atoms with van der Waals surface area (Å²) in [5.74, 6) is 0.965. The number of halogens is 2. The topological polar surface area (TPSA) is 260 Å². The van der Waals surface area contributed by atoms with E-state index in [0.717, 1.165) is 24.0 Å². The molecule has 0 fully saturated rings. The number of nitrogens with one attached hydrogen (secondary N) is 1. The highest BCUT2D eigenvalue weighted by Crippen LogP contribution is 2.36. The first-order valence-electron chi connectivity index (χ1n) is 23.0. The number of aromatic hydroxyl groups is 2. The predicted molar refractivity (Wildman–Crippen MR) is 273 cm³/mol. The van der Waals surface area contributed by atoms with Crippen molar-refractivity contribution in [1.29, 1.82) is 0 Å². The number of hydrogen-bond donors (Lipinski definition) is 6. The van der Waals surface area contributed by atoms with Crippen LogP contribution in [0, 0.1) is 13.8 Å². The van der Waals surface area contributed by atoms with E-state index in [2.05, 4.69) is 20.8 Å². The summed E-state index contributed by atoms with van der Waals surface area (Å²) in [6.07, 6.45) is 0.548. The molecule has 7 N–H and O–H groups in total. The van der Waals surface area contributed by atoms with Gasteiger partial charge in [-0.1, -0.05) is 62.0 Å². The molecule has 0 saturated carbocycles. The Kier molecular flexibility index (Phi) is 20.4. The fraction of sp³-hybridized carbons (Fsp3) is 0.346. The Bertz CT molecular complexity index is 2840. The number of anilines is 2. The molecule has 0 aliphatic heterocycles. The summed E-state index contributed by atoms with van der Waals surface area (Å²) in [5.41, 5.74) is 10.7. The molecule has 0 saturated heterocycles. The zero-order valence-corrected chi connectivity index (χ0v) is 42.6. The van der Waals surface area contributed by atoms with Crippen molar-refractivity contribution in [1.82, 2.24) is 20.2 Å². The van der Waals surface area contributed by atoms with Crippen LogP contribution in [0.1, 0.15) is 99.7 Å². The highest BCUT2D eigenvalue weighted by molar-refractivity contribution is 6.32. The van der Waals surface area contributed by atoms with Crippen molar-refractivity contribution in [3.05, 3.63) is 128 Å². The molecule has 2 atom stereocenters. The number of amides is 1. The van der Waals surface area contributed by atoms with Gasteiger partial charge < -0.3 is 55.2 Å². The van der Waals surface area contributed by atoms with Gasteiger partial charge in [0.25, 0.3) is 5.91 Å². The number of carbonyl (C=O) groups is 3. The van der Waals surface area contributed by atoms with E-state index >= 15 is 0 Å². The molecule has 2 unspecified atom stereocenters. The lowest BCUT2D eigenvalue weighted by Crippen LogP contribution is -2.25. The third-order valence-corrected chi connectivity index (χ3v) is 11.6. The molecule has 18 nitrogen and oxygen atoms in total. The van der Waals surface area contributed by atoms with Crippen LogP contribution in [-0.2, 0) is 19.4 Å². The molecule has 1 aromatic heterocycles. The lowest BCUT2D eigenvalue weighted by Gasteiger charge is -2.18. The molecule has 1 amide bonds. The van der Waals surface area contributed by atoms with Crippen molar-refractivity contribution in [3.8, 4) is 40.2 Å². The molecule has 0 radical (unpaired) electrons. The summed E-state index contributed by atoms with van der Waals surface area (Å²) in [7, 11) is 1.58. The number of methoxy groups -OCH3 is 1. The number of nitrogens with two attached hydrogens (primary N) is 1. The van der Waals surface area contributed by atoms with Crippen molar-refractivity contribution in [2.45, 2.75) is 86.0 Å². The van der Waals surface area contributed by atoms with Gasteiger partial charge in [0.1, 0.15) is 78.9 Å². The molecule has 5 aromatic carbocycles. The highest BCUT2D eigenvalue weighted by Gasteiger charge is 2.21. The zero-order chi connectivity index (χ0) is 52.6. The molecule has 0 spiro atoms. The average molecular weight is 1030 g/mol. The molecule has 20 heteroatoms. The Balaban J connectivity index is 0.000000296. The number of hydrogen-bond acceptors (Lipinski definition) is 16. The van der Waals surface area contributed by atoms with E-state index in [4.69, 9.17) is 52.6 Å². The first-order chi connectivity index (χ1) is 34.3. The van der Waals surface area contributed by atoms with E-state index in [1.54, 1.807) is 50.4 Å². The SMILES string of the molecule is CCCc1c(OCC(O)COc2cc(N)c(C)cc2Cl)ccc(C(C)=O)c1O.CCCc1c(OCC(O)COc2cc(NC(=O)c3nnnn3Cc3ccc(OC)cc3)c(C)cc2Cl)ccc(C(C)=O)c1O. The van der Waals surface area contributed by atoms with Gasteiger partial charge >= 0.3 is 0 Å². The number of rotatable bonds is 23. The number of carbonyl (C=O) groups excluding carboxylic acids is 3. The largest absolute Gasteiger partial charge is 0.507 e. The third-order valence-electron chi connectivity index (χ3n) is 11.0. The van der Waals surface area contributed by atoms with E-state index in [1.165, 1.54) is 30.7 Å². The summed E-state index contributed by atoms with van der Waals surface area (Å²) in [6, 6.07) is 20.1. The van der Waals surface area contributed by atoms with Gasteiger partial charge in [0.2, 0.25) is 5.82 Å². The Morgan fingerprint density at radius 3 is 1.64 bits per heavy atom. The van der Waals surface area contributed by atoms with Gasteiger partial charge in [-0.3, -0.25) is 14.4 Å². The van der Waals surface area contributed by atoms with Gasteiger partial charge in [0.15, 0.2) is 11.6 Å². The van der Waals surface area contributed by atoms with Crippen LogP contribution >= 0.6 is 23.2 Å². The number of benzene rings is 5. The van der Waals surface area contributed by atoms with E-state index < -0.39 is 18.1 Å². The lowest BCUT2D eigenvalue weighted by molar-refractivity contribution is 0.0622. The Morgan fingerprint density at radius 1 is 0.694 bits per heavy atom.